The van der Waals surface area contributed by atoms with Gasteiger partial charge in [-0.3, -0.25) is 14.4 Å². The average Bonchev–Trinajstić information content (AvgIpc) is 3.11. The van der Waals surface area contributed by atoms with Gasteiger partial charge in [-0.1, -0.05) is 18.2 Å². The van der Waals surface area contributed by atoms with Crippen molar-refractivity contribution in [2.24, 2.45) is 0 Å². The number of methoxy groups -OCH3 is 1. The number of para-hydroxylation sites is 1. The third-order valence-electron chi connectivity index (χ3n) is 5.58. The normalized spacial score (nSPS) is 22.3. The highest BCUT2D eigenvalue weighted by molar-refractivity contribution is 6.50. The van der Waals surface area contributed by atoms with Crippen molar-refractivity contribution in [1.82, 2.24) is 4.90 Å². The first-order valence-electron chi connectivity index (χ1n) is 9.28. The molecule has 0 aromatic heterocycles. The van der Waals surface area contributed by atoms with Crippen LogP contribution in [0.1, 0.15) is 11.1 Å². The van der Waals surface area contributed by atoms with Crippen molar-refractivity contribution in [3.05, 3.63) is 71.0 Å². The lowest BCUT2D eigenvalue weighted by molar-refractivity contribution is -0.144. The van der Waals surface area contributed by atoms with Crippen LogP contribution < -0.4 is 4.90 Å². The maximum atomic E-state index is 13.6. The van der Waals surface area contributed by atoms with E-state index in [2.05, 4.69) is 0 Å². The van der Waals surface area contributed by atoms with E-state index in [0.717, 1.165) is 17.0 Å². The molecule has 7 nitrogen and oxygen atoms in total. The first-order valence-corrected chi connectivity index (χ1v) is 9.28. The molecule has 1 unspecified atom stereocenters. The summed E-state index contributed by atoms with van der Waals surface area (Å²) in [7, 11) is 2.99. The standard InChI is InChI=1S/C22H19FN2O5/c1-24-16-6-4-3-5-15(16)22(21(24)29)17(18(26)13-7-9-14(23)10-8-13)19(27)20(28)25(22)11-12-30-2/h3-10,26H,11-12H2,1-2H3. The van der Waals surface area contributed by atoms with Crippen molar-refractivity contribution in [3.63, 3.8) is 0 Å². The molecular formula is C22H19FN2O5. The van der Waals surface area contributed by atoms with Crippen LogP contribution in [-0.2, 0) is 24.7 Å². The lowest BCUT2D eigenvalue weighted by Gasteiger charge is -2.34. The number of benzene rings is 2. The molecule has 2 aromatic carbocycles. The number of aliphatic hydroxyl groups excluding tert-OH is 1. The number of aliphatic hydroxyl groups is 1. The number of halogens is 1. The number of amides is 2. The Labute approximate surface area is 172 Å². The van der Waals surface area contributed by atoms with Gasteiger partial charge in [0.15, 0.2) is 5.54 Å². The number of rotatable bonds is 4. The van der Waals surface area contributed by atoms with Gasteiger partial charge in [-0.2, -0.15) is 0 Å². The zero-order valence-corrected chi connectivity index (χ0v) is 16.4. The second-order valence-corrected chi connectivity index (χ2v) is 7.10. The maximum absolute atomic E-state index is 13.6. The number of hydrogen-bond acceptors (Lipinski definition) is 5. The van der Waals surface area contributed by atoms with Gasteiger partial charge in [0.2, 0.25) is 0 Å². The van der Waals surface area contributed by atoms with Gasteiger partial charge in [-0.25, -0.2) is 4.39 Å². The van der Waals surface area contributed by atoms with Crippen LogP contribution in [0, 0.1) is 5.82 Å². The Balaban J connectivity index is 2.05. The third kappa shape index (κ3) is 2.50. The molecule has 0 saturated carbocycles. The van der Waals surface area contributed by atoms with E-state index < -0.39 is 34.7 Å². The number of ketones is 1. The second kappa shape index (κ2) is 7.07. The Morgan fingerprint density at radius 2 is 1.77 bits per heavy atom. The van der Waals surface area contributed by atoms with Gasteiger partial charge < -0.3 is 19.6 Å². The van der Waals surface area contributed by atoms with Crippen LogP contribution in [0.2, 0.25) is 0 Å². The van der Waals surface area contributed by atoms with Gasteiger partial charge in [0.05, 0.1) is 12.2 Å². The molecular weight excluding hydrogens is 391 g/mol. The minimum absolute atomic E-state index is 0.0326. The van der Waals surface area contributed by atoms with Crippen molar-refractivity contribution in [2.75, 3.05) is 32.2 Å². The van der Waals surface area contributed by atoms with Crippen molar-refractivity contribution in [1.29, 1.82) is 0 Å². The molecule has 1 fully saturated rings. The molecule has 8 heteroatoms. The number of carbonyl (C=O) groups is 3. The number of anilines is 1. The fraction of sp³-hybridized carbons (Fsp3) is 0.227. The average molecular weight is 410 g/mol. The van der Waals surface area contributed by atoms with E-state index in [1.165, 1.54) is 24.1 Å². The van der Waals surface area contributed by atoms with E-state index in [1.807, 2.05) is 0 Å². The molecule has 2 heterocycles. The summed E-state index contributed by atoms with van der Waals surface area (Å²) in [5, 5.41) is 11.1. The zero-order valence-electron chi connectivity index (χ0n) is 16.4. The molecule has 2 aliphatic heterocycles. The summed E-state index contributed by atoms with van der Waals surface area (Å²) < 4.78 is 18.5. The molecule has 30 heavy (non-hydrogen) atoms. The van der Waals surface area contributed by atoms with Gasteiger partial charge in [0, 0.05) is 37.5 Å². The number of likely N-dealkylation sites (tertiary alicyclic amines) is 1. The first kappa shape index (κ1) is 19.8. The monoisotopic (exact) mass is 410 g/mol. The van der Waals surface area contributed by atoms with Gasteiger partial charge in [0.25, 0.3) is 17.6 Å². The fourth-order valence-corrected chi connectivity index (χ4v) is 4.21. The Kier molecular flexibility index (Phi) is 4.66. The van der Waals surface area contributed by atoms with Crippen molar-refractivity contribution < 1.29 is 28.6 Å². The van der Waals surface area contributed by atoms with Gasteiger partial charge in [-0.15, -0.1) is 0 Å². The van der Waals surface area contributed by atoms with Crippen LogP contribution >= 0.6 is 0 Å². The lowest BCUT2D eigenvalue weighted by atomic mass is 9.82. The van der Waals surface area contributed by atoms with Crippen LogP contribution in [0.15, 0.2) is 54.1 Å². The van der Waals surface area contributed by atoms with Crippen LogP contribution in [0.3, 0.4) is 0 Å². The first-order chi connectivity index (χ1) is 14.4. The highest BCUT2D eigenvalue weighted by Crippen LogP contribution is 2.53. The van der Waals surface area contributed by atoms with Crippen LogP contribution in [0.5, 0.6) is 0 Å². The van der Waals surface area contributed by atoms with Crippen LogP contribution in [-0.4, -0.2) is 54.9 Å². The molecule has 1 spiro atoms. The van der Waals surface area contributed by atoms with E-state index >= 15 is 0 Å². The predicted octanol–water partition coefficient (Wildman–Crippen LogP) is 2.02. The van der Waals surface area contributed by atoms with Crippen molar-refractivity contribution in [3.8, 4) is 0 Å². The molecule has 2 aromatic rings. The zero-order chi connectivity index (χ0) is 21.6. The number of fused-ring (bicyclic) bond motifs is 2. The smallest absolute Gasteiger partial charge is 0.296 e. The van der Waals surface area contributed by atoms with E-state index in [0.29, 0.717) is 11.3 Å². The minimum Gasteiger partial charge on any atom is -0.507 e. The molecule has 0 radical (unpaired) electrons. The Hall–Kier alpha value is -3.52. The molecule has 1 atom stereocenters. The summed E-state index contributed by atoms with van der Waals surface area (Å²) in [5.41, 5.74) is -1.10. The van der Waals surface area contributed by atoms with Gasteiger partial charge in [-0.05, 0) is 30.3 Å². The highest BCUT2D eigenvalue weighted by Gasteiger charge is 2.66. The number of ether oxygens (including phenoxy) is 1. The molecule has 2 aliphatic rings. The molecule has 154 valence electrons. The second-order valence-electron chi connectivity index (χ2n) is 7.10. The summed E-state index contributed by atoms with van der Waals surface area (Å²) in [6.07, 6.45) is 0. The summed E-state index contributed by atoms with van der Waals surface area (Å²) >= 11 is 0. The molecule has 0 bridgehead atoms. The number of Topliss-reactive ketones (excluding diaryl/α,β-unsaturated/α-hetero) is 1. The number of nitrogens with zero attached hydrogens (tertiary/aromatic N) is 2. The molecule has 2 amide bonds. The van der Waals surface area contributed by atoms with E-state index in [9.17, 15) is 23.9 Å². The van der Waals surface area contributed by atoms with E-state index in [4.69, 9.17) is 4.74 Å². The third-order valence-corrected chi connectivity index (χ3v) is 5.58. The Morgan fingerprint density at radius 3 is 2.43 bits per heavy atom. The number of hydrogen-bond donors (Lipinski definition) is 1. The van der Waals surface area contributed by atoms with Gasteiger partial charge >= 0.3 is 0 Å². The van der Waals surface area contributed by atoms with Crippen LogP contribution in [0.25, 0.3) is 5.76 Å². The topological polar surface area (TPSA) is 87.1 Å². The van der Waals surface area contributed by atoms with Crippen LogP contribution in [0.4, 0.5) is 10.1 Å². The highest BCUT2D eigenvalue weighted by atomic mass is 19.1. The maximum Gasteiger partial charge on any atom is 0.296 e. The lowest BCUT2D eigenvalue weighted by Crippen LogP contribution is -2.52. The SMILES string of the molecule is COCCN1C(=O)C(=O)C(=C(O)c2ccc(F)cc2)C12C(=O)N(C)c1ccccc12. The molecule has 4 rings (SSSR count). The van der Waals surface area contributed by atoms with Gasteiger partial charge in [0.1, 0.15) is 11.6 Å². The molecule has 1 N–H and O–H groups in total. The predicted molar refractivity (Wildman–Crippen MR) is 106 cm³/mol. The van der Waals surface area contributed by atoms with Crippen molar-refractivity contribution in [2.45, 2.75) is 5.54 Å². The number of likely N-dealkylation sites (N-methyl/N-ethyl adjacent to an activating group) is 1. The Morgan fingerprint density at radius 1 is 1.10 bits per heavy atom. The fourth-order valence-electron chi connectivity index (χ4n) is 4.21. The molecule has 1 saturated heterocycles. The summed E-state index contributed by atoms with van der Waals surface area (Å²) in [5.74, 6) is -3.49. The minimum atomic E-state index is -1.82. The van der Waals surface area contributed by atoms with Crippen molar-refractivity contribution >= 4 is 29.0 Å². The number of carbonyl (C=O) groups excluding carboxylic acids is 3. The molecule has 0 aliphatic carbocycles. The summed E-state index contributed by atoms with van der Waals surface area (Å²) in [6.45, 7) is 0.0553. The Bertz CT molecular complexity index is 1090. The quantitative estimate of drug-likeness (QED) is 0.474. The summed E-state index contributed by atoms with van der Waals surface area (Å²) in [4.78, 5) is 42.2. The largest absolute Gasteiger partial charge is 0.507 e. The van der Waals surface area contributed by atoms with E-state index in [1.54, 1.807) is 31.3 Å². The summed E-state index contributed by atoms with van der Waals surface area (Å²) in [6, 6.07) is 11.6. The van der Waals surface area contributed by atoms with E-state index in [-0.39, 0.29) is 24.3 Å².